The summed E-state index contributed by atoms with van der Waals surface area (Å²) in [4.78, 5) is 0. The van der Waals surface area contributed by atoms with Crippen LogP contribution in [0.3, 0.4) is 0 Å². The first-order valence-corrected chi connectivity index (χ1v) is 8.10. The number of thiocarbonyl (C=S) groups is 1. The molecule has 0 aromatic heterocycles. The van der Waals surface area contributed by atoms with Gasteiger partial charge in [0.05, 0.1) is 6.04 Å². The largest absolute Gasteiger partial charge is 0.356 e. The van der Waals surface area contributed by atoms with E-state index in [9.17, 15) is 0 Å². The Bertz CT molecular complexity index is 615. The van der Waals surface area contributed by atoms with Gasteiger partial charge in [0.2, 0.25) is 0 Å². The Morgan fingerprint density at radius 2 is 1.41 bits per heavy atom. The fourth-order valence-electron chi connectivity index (χ4n) is 2.25. The van der Waals surface area contributed by atoms with Gasteiger partial charge in [-0.2, -0.15) is 0 Å². The van der Waals surface area contributed by atoms with E-state index < -0.39 is 0 Å². The molecule has 1 unspecified atom stereocenters. The summed E-state index contributed by atoms with van der Waals surface area (Å²) in [7, 11) is 0. The van der Waals surface area contributed by atoms with Crippen LogP contribution in [0.15, 0.2) is 48.5 Å². The Morgan fingerprint density at radius 3 is 1.95 bits per heavy atom. The van der Waals surface area contributed by atoms with E-state index in [1.54, 1.807) is 0 Å². The predicted octanol–water partition coefficient (Wildman–Crippen LogP) is 5.17. The Balaban J connectivity index is 1.94. The van der Waals surface area contributed by atoms with Crippen molar-refractivity contribution in [1.29, 1.82) is 0 Å². The standard InChI is InChI=1S/C19H24N2S/c1-13(2)16-7-9-17(10-8-16)15(4)20-19(22)21-18-11-5-14(3)6-12-18/h5-13,15H,1-4H3,(H2,20,21,22). The fraction of sp³-hybridized carbons (Fsp3) is 0.316. The van der Waals surface area contributed by atoms with Crippen molar-refractivity contribution in [3.63, 3.8) is 0 Å². The summed E-state index contributed by atoms with van der Waals surface area (Å²) >= 11 is 5.39. The molecular formula is C19H24N2S. The summed E-state index contributed by atoms with van der Waals surface area (Å²) < 4.78 is 0. The van der Waals surface area contributed by atoms with Crippen LogP contribution >= 0.6 is 12.2 Å². The first-order chi connectivity index (χ1) is 10.5. The van der Waals surface area contributed by atoms with Crippen molar-refractivity contribution < 1.29 is 0 Å². The zero-order chi connectivity index (χ0) is 16.1. The summed E-state index contributed by atoms with van der Waals surface area (Å²) in [5, 5.41) is 7.19. The third-order valence-corrected chi connectivity index (χ3v) is 3.98. The molecule has 3 heteroatoms. The average Bonchev–Trinajstić information content (AvgIpc) is 2.49. The van der Waals surface area contributed by atoms with Gasteiger partial charge in [-0.3, -0.25) is 0 Å². The normalized spacial score (nSPS) is 12.0. The van der Waals surface area contributed by atoms with Crippen LogP contribution < -0.4 is 10.6 Å². The van der Waals surface area contributed by atoms with E-state index in [0.29, 0.717) is 11.0 Å². The molecule has 1 atom stereocenters. The highest BCUT2D eigenvalue weighted by Gasteiger charge is 2.08. The maximum Gasteiger partial charge on any atom is 0.171 e. The molecule has 2 rings (SSSR count). The van der Waals surface area contributed by atoms with Gasteiger partial charge in [0.15, 0.2) is 5.11 Å². The van der Waals surface area contributed by atoms with E-state index in [1.807, 2.05) is 12.1 Å². The average molecular weight is 312 g/mol. The molecule has 2 aromatic carbocycles. The Labute approximate surface area is 139 Å². The molecule has 0 saturated carbocycles. The van der Waals surface area contributed by atoms with Gasteiger partial charge in [0.1, 0.15) is 0 Å². The molecule has 0 radical (unpaired) electrons. The van der Waals surface area contributed by atoms with Gasteiger partial charge in [0.25, 0.3) is 0 Å². The minimum atomic E-state index is 0.173. The third kappa shape index (κ3) is 4.57. The van der Waals surface area contributed by atoms with Gasteiger partial charge >= 0.3 is 0 Å². The summed E-state index contributed by atoms with van der Waals surface area (Å²) in [6, 6.07) is 17.1. The molecule has 0 fully saturated rings. The van der Waals surface area contributed by atoms with Crippen LogP contribution in [0.5, 0.6) is 0 Å². The number of aryl methyl sites for hydroxylation is 1. The van der Waals surface area contributed by atoms with Crippen LogP contribution in [0.4, 0.5) is 5.69 Å². The molecule has 0 heterocycles. The summed E-state index contributed by atoms with van der Waals surface area (Å²) in [5.41, 5.74) is 4.84. The van der Waals surface area contributed by atoms with Gasteiger partial charge in [0, 0.05) is 5.69 Å². The maximum absolute atomic E-state index is 5.39. The molecule has 0 aliphatic heterocycles. The molecular weight excluding hydrogens is 288 g/mol. The first kappa shape index (κ1) is 16.5. The van der Waals surface area contributed by atoms with Gasteiger partial charge in [-0.15, -0.1) is 0 Å². The minimum absolute atomic E-state index is 0.173. The molecule has 2 aromatic rings. The summed E-state index contributed by atoms with van der Waals surface area (Å²) in [6.07, 6.45) is 0. The topological polar surface area (TPSA) is 24.1 Å². The van der Waals surface area contributed by atoms with Crippen LogP contribution in [0.1, 0.15) is 49.4 Å². The Morgan fingerprint density at radius 1 is 0.864 bits per heavy atom. The van der Waals surface area contributed by atoms with Gasteiger partial charge in [-0.05, 0) is 55.2 Å². The molecule has 0 aliphatic rings. The third-order valence-electron chi connectivity index (χ3n) is 3.76. The van der Waals surface area contributed by atoms with E-state index in [0.717, 1.165) is 5.69 Å². The van der Waals surface area contributed by atoms with Crippen LogP contribution in [0.25, 0.3) is 0 Å². The van der Waals surface area contributed by atoms with Crippen LogP contribution in [-0.4, -0.2) is 5.11 Å². The molecule has 116 valence electrons. The number of benzene rings is 2. The highest BCUT2D eigenvalue weighted by Crippen LogP contribution is 2.18. The lowest BCUT2D eigenvalue weighted by molar-refractivity contribution is 0.721. The van der Waals surface area contributed by atoms with Crippen molar-refractivity contribution in [2.75, 3.05) is 5.32 Å². The van der Waals surface area contributed by atoms with Gasteiger partial charge < -0.3 is 10.6 Å². The highest BCUT2D eigenvalue weighted by molar-refractivity contribution is 7.80. The van der Waals surface area contributed by atoms with E-state index in [-0.39, 0.29) is 6.04 Å². The lowest BCUT2D eigenvalue weighted by Gasteiger charge is -2.18. The van der Waals surface area contributed by atoms with E-state index in [1.165, 1.54) is 16.7 Å². The van der Waals surface area contributed by atoms with E-state index in [2.05, 4.69) is 74.7 Å². The molecule has 22 heavy (non-hydrogen) atoms. The molecule has 0 spiro atoms. The van der Waals surface area contributed by atoms with Crippen LogP contribution in [-0.2, 0) is 0 Å². The highest BCUT2D eigenvalue weighted by atomic mass is 32.1. The molecule has 2 N–H and O–H groups in total. The maximum atomic E-state index is 5.39. The second kappa shape index (κ2) is 7.41. The van der Waals surface area contributed by atoms with Crippen LogP contribution in [0, 0.1) is 6.92 Å². The second-order valence-electron chi connectivity index (χ2n) is 6.01. The Hall–Kier alpha value is -1.87. The van der Waals surface area contributed by atoms with Crippen molar-refractivity contribution >= 4 is 23.0 Å². The monoisotopic (exact) mass is 312 g/mol. The van der Waals surface area contributed by atoms with Crippen molar-refractivity contribution in [2.45, 2.75) is 39.7 Å². The quantitative estimate of drug-likeness (QED) is 0.762. The summed E-state index contributed by atoms with van der Waals surface area (Å²) in [6.45, 7) is 8.60. The zero-order valence-corrected chi connectivity index (χ0v) is 14.5. The molecule has 2 nitrogen and oxygen atoms in total. The number of rotatable bonds is 4. The van der Waals surface area contributed by atoms with Crippen molar-refractivity contribution in [2.24, 2.45) is 0 Å². The van der Waals surface area contributed by atoms with Crippen molar-refractivity contribution in [3.8, 4) is 0 Å². The lowest BCUT2D eigenvalue weighted by atomic mass is 10.00. The number of anilines is 1. The number of nitrogens with one attached hydrogen (secondary N) is 2. The van der Waals surface area contributed by atoms with E-state index in [4.69, 9.17) is 12.2 Å². The fourth-order valence-corrected chi connectivity index (χ4v) is 2.55. The molecule has 0 bridgehead atoms. The number of hydrogen-bond acceptors (Lipinski definition) is 1. The lowest BCUT2D eigenvalue weighted by Crippen LogP contribution is -2.30. The van der Waals surface area contributed by atoms with Crippen LogP contribution in [0.2, 0.25) is 0 Å². The minimum Gasteiger partial charge on any atom is -0.356 e. The van der Waals surface area contributed by atoms with Gasteiger partial charge in [-0.1, -0.05) is 55.8 Å². The first-order valence-electron chi connectivity index (χ1n) is 7.69. The molecule has 0 amide bonds. The summed E-state index contributed by atoms with van der Waals surface area (Å²) in [5.74, 6) is 0.557. The zero-order valence-electron chi connectivity index (χ0n) is 13.7. The van der Waals surface area contributed by atoms with E-state index >= 15 is 0 Å². The SMILES string of the molecule is Cc1ccc(NC(=S)NC(C)c2ccc(C(C)C)cc2)cc1. The molecule has 0 saturated heterocycles. The van der Waals surface area contributed by atoms with Gasteiger partial charge in [-0.25, -0.2) is 0 Å². The second-order valence-corrected chi connectivity index (χ2v) is 6.42. The number of hydrogen-bond donors (Lipinski definition) is 2. The van der Waals surface area contributed by atoms with Crippen molar-refractivity contribution in [1.82, 2.24) is 5.32 Å². The van der Waals surface area contributed by atoms with Crippen molar-refractivity contribution in [3.05, 3.63) is 65.2 Å². The molecule has 0 aliphatic carbocycles. The predicted molar refractivity (Wildman–Crippen MR) is 99.5 cm³/mol. The smallest absolute Gasteiger partial charge is 0.171 e. The Kier molecular flexibility index (Phi) is 5.56.